The molecule has 4 N–H and O–H groups in total. The van der Waals surface area contributed by atoms with Crippen molar-refractivity contribution in [2.45, 2.75) is 44.2 Å². The molecule has 2 aromatic carbocycles. The monoisotopic (exact) mass is 554 g/mol. The zero-order valence-electron chi connectivity index (χ0n) is 22.4. The first kappa shape index (κ1) is 27.8. The van der Waals surface area contributed by atoms with Crippen LogP contribution in [-0.4, -0.2) is 85.4 Å². The van der Waals surface area contributed by atoms with Gasteiger partial charge < -0.3 is 20.6 Å². The first-order chi connectivity index (χ1) is 18.7. The molecule has 0 radical (unpaired) electrons. The average molecular weight is 555 g/mol. The van der Waals surface area contributed by atoms with E-state index in [0.29, 0.717) is 51.1 Å². The summed E-state index contributed by atoms with van der Waals surface area (Å²) in [5.74, 6) is -0.219. The summed E-state index contributed by atoms with van der Waals surface area (Å²) >= 11 is 0. The van der Waals surface area contributed by atoms with Crippen LogP contribution < -0.4 is 5.73 Å². The minimum absolute atomic E-state index is 0.0985. The van der Waals surface area contributed by atoms with E-state index in [1.807, 2.05) is 24.4 Å². The highest BCUT2D eigenvalue weighted by Crippen LogP contribution is 2.37. The Labute approximate surface area is 230 Å². The van der Waals surface area contributed by atoms with Crippen LogP contribution in [0, 0.1) is 0 Å². The molecule has 3 aromatic rings. The van der Waals surface area contributed by atoms with Gasteiger partial charge in [-0.3, -0.25) is 9.69 Å². The summed E-state index contributed by atoms with van der Waals surface area (Å²) in [7, 11) is -1.72. The second kappa shape index (κ2) is 11.8. The van der Waals surface area contributed by atoms with Crippen molar-refractivity contribution in [3.05, 3.63) is 59.3 Å². The first-order valence-corrected chi connectivity index (χ1v) is 15.3. The first-order valence-electron chi connectivity index (χ1n) is 13.7. The molecule has 1 atom stereocenters. The highest BCUT2D eigenvalue weighted by atomic mass is 32.2. The van der Waals surface area contributed by atoms with Gasteiger partial charge >= 0.3 is 0 Å². The minimum Gasteiger partial charge on any atom is -0.392 e. The van der Waals surface area contributed by atoms with E-state index < -0.39 is 15.9 Å². The van der Waals surface area contributed by atoms with E-state index in [4.69, 9.17) is 10.5 Å². The maximum atomic E-state index is 12.7. The number of fused-ring (bicyclic) bond motifs is 1. The van der Waals surface area contributed by atoms with Gasteiger partial charge in [0, 0.05) is 58.0 Å². The van der Waals surface area contributed by atoms with Gasteiger partial charge in [-0.15, -0.1) is 0 Å². The van der Waals surface area contributed by atoms with Gasteiger partial charge in [0.2, 0.25) is 10.0 Å². The van der Waals surface area contributed by atoms with Gasteiger partial charge in [-0.2, -0.15) is 0 Å². The largest absolute Gasteiger partial charge is 0.392 e. The van der Waals surface area contributed by atoms with Crippen LogP contribution in [0.4, 0.5) is 0 Å². The quantitative estimate of drug-likeness (QED) is 0.331. The molecule has 0 spiro atoms. The van der Waals surface area contributed by atoms with Gasteiger partial charge in [0.25, 0.3) is 5.91 Å². The average Bonchev–Trinajstić information content (AvgIpc) is 3.54. The molecule has 2 aliphatic heterocycles. The number of carbonyl (C=O) groups excluding carboxylic acids is 1. The van der Waals surface area contributed by atoms with Crippen molar-refractivity contribution >= 4 is 26.8 Å². The molecular formula is C29H38N4O5S. The molecule has 10 heteroatoms. The van der Waals surface area contributed by atoms with Crippen LogP contribution in [0.1, 0.15) is 53.1 Å². The molecule has 0 saturated carbocycles. The van der Waals surface area contributed by atoms with E-state index in [1.165, 1.54) is 0 Å². The van der Waals surface area contributed by atoms with Crippen LogP contribution in [0.15, 0.2) is 42.6 Å². The lowest BCUT2D eigenvalue weighted by Crippen LogP contribution is -2.39. The van der Waals surface area contributed by atoms with Crippen LogP contribution in [0.5, 0.6) is 0 Å². The number of nitrogens with one attached hydrogen (secondary N) is 1. The number of aromatic amines is 1. The normalized spacial score (nSPS) is 19.7. The highest BCUT2D eigenvalue weighted by molar-refractivity contribution is 7.89. The molecule has 9 nitrogen and oxygen atoms in total. The molecule has 5 rings (SSSR count). The maximum absolute atomic E-state index is 12.7. The highest BCUT2D eigenvalue weighted by Gasteiger charge is 2.30. The number of H-pyrrole nitrogens is 1. The van der Waals surface area contributed by atoms with Crippen LogP contribution in [0.3, 0.4) is 0 Å². The van der Waals surface area contributed by atoms with Gasteiger partial charge in [-0.1, -0.05) is 18.2 Å². The fourth-order valence-corrected chi connectivity index (χ4v) is 7.48. The lowest BCUT2D eigenvalue weighted by atomic mass is 9.88. The Bertz CT molecular complexity index is 1430. The van der Waals surface area contributed by atoms with E-state index in [-0.39, 0.29) is 17.8 Å². The molecule has 2 fully saturated rings. The van der Waals surface area contributed by atoms with E-state index in [9.17, 15) is 18.3 Å². The van der Waals surface area contributed by atoms with Crippen LogP contribution >= 0.6 is 0 Å². The zero-order valence-corrected chi connectivity index (χ0v) is 23.3. The number of ether oxygens (including phenoxy) is 1. The summed E-state index contributed by atoms with van der Waals surface area (Å²) in [5.41, 5.74) is 11.1. The molecule has 2 saturated heterocycles. The molecule has 0 bridgehead atoms. The third kappa shape index (κ3) is 6.20. The third-order valence-electron chi connectivity index (χ3n) is 8.04. The number of methoxy groups -OCH3 is 1. The summed E-state index contributed by atoms with van der Waals surface area (Å²) in [4.78, 5) is 18.0. The van der Waals surface area contributed by atoms with Crippen LogP contribution in [-0.2, 0) is 21.3 Å². The predicted octanol–water partition coefficient (Wildman–Crippen LogP) is 3.05. The van der Waals surface area contributed by atoms with Crippen molar-refractivity contribution in [3.63, 3.8) is 0 Å². The second-order valence-electron chi connectivity index (χ2n) is 10.8. The summed E-state index contributed by atoms with van der Waals surface area (Å²) in [6.45, 7) is 3.70. The number of likely N-dealkylation sites (tertiary alicyclic amines) is 1. The zero-order chi connectivity index (χ0) is 27.6. The van der Waals surface area contributed by atoms with E-state index >= 15 is 0 Å². The minimum atomic E-state index is -3.30. The molecule has 210 valence electrons. The molecule has 1 aromatic heterocycles. The smallest absolute Gasteiger partial charge is 0.250 e. The third-order valence-corrected chi connectivity index (χ3v) is 10.00. The summed E-state index contributed by atoms with van der Waals surface area (Å²) < 4.78 is 32.1. The van der Waals surface area contributed by atoms with E-state index in [1.54, 1.807) is 11.4 Å². The Balaban J connectivity index is 1.40. The number of amides is 1. The van der Waals surface area contributed by atoms with Crippen LogP contribution in [0.25, 0.3) is 22.0 Å². The van der Waals surface area contributed by atoms with Gasteiger partial charge in [-0.25, -0.2) is 12.7 Å². The summed E-state index contributed by atoms with van der Waals surface area (Å²) in [5, 5.41) is 10.8. The van der Waals surface area contributed by atoms with E-state index in [2.05, 4.69) is 28.1 Å². The molecule has 0 unspecified atom stereocenters. The summed E-state index contributed by atoms with van der Waals surface area (Å²) in [6.07, 6.45) is 4.40. The Morgan fingerprint density at radius 2 is 1.92 bits per heavy atom. The fraction of sp³-hybridized carbons (Fsp3) is 0.483. The Morgan fingerprint density at radius 3 is 2.62 bits per heavy atom. The number of nitrogens with two attached hydrogens (primary N) is 1. The maximum Gasteiger partial charge on any atom is 0.250 e. The molecule has 39 heavy (non-hydrogen) atoms. The van der Waals surface area contributed by atoms with Crippen molar-refractivity contribution in [2.75, 3.05) is 45.6 Å². The van der Waals surface area contributed by atoms with Crippen molar-refractivity contribution in [3.8, 4) is 11.1 Å². The summed E-state index contributed by atoms with van der Waals surface area (Å²) in [6, 6.07) is 12.2. The number of aliphatic hydroxyl groups is 1. The fourth-order valence-electron chi connectivity index (χ4n) is 5.97. The number of hydrogen-bond acceptors (Lipinski definition) is 6. The number of β-amino-alcohol motifs (C(OH)–C–C–N with tert-alkyl or cyclic N) is 1. The number of aromatic nitrogens is 1. The lowest BCUT2D eigenvalue weighted by Gasteiger charge is -2.31. The second-order valence-corrected chi connectivity index (χ2v) is 12.9. The number of primary amides is 1. The standard InChI is InChI=1S/C29H38N4O5S/c1-38-12-3-13-39(36,37)33-10-6-21(7-11-33)27-17-31-28-25(27)15-23(16-26(28)29(30)35)22-5-2-4-20(14-22)18-32-9-8-24(34)19-32/h2,4-5,14-17,21,24,31,34H,3,6-13,18-19H2,1H3,(H2,30,35)/t24-/m1/s1. The Kier molecular flexibility index (Phi) is 8.39. The molecule has 1 amide bonds. The molecule has 0 aliphatic carbocycles. The van der Waals surface area contributed by atoms with E-state index in [0.717, 1.165) is 52.7 Å². The van der Waals surface area contributed by atoms with Crippen molar-refractivity contribution < 1.29 is 23.1 Å². The number of sulfonamides is 1. The molecule has 2 aliphatic rings. The van der Waals surface area contributed by atoms with Crippen molar-refractivity contribution in [2.24, 2.45) is 5.73 Å². The number of nitrogens with zero attached hydrogens (tertiary/aromatic N) is 2. The molecule has 3 heterocycles. The van der Waals surface area contributed by atoms with Gasteiger partial charge in [0.15, 0.2) is 0 Å². The topological polar surface area (TPSA) is 129 Å². The Hall–Kier alpha value is -2.76. The lowest BCUT2D eigenvalue weighted by molar-refractivity contribution is 0.100. The van der Waals surface area contributed by atoms with Gasteiger partial charge in [-0.05, 0) is 72.1 Å². The predicted molar refractivity (Wildman–Crippen MR) is 152 cm³/mol. The number of aliphatic hydroxyl groups excluding tert-OH is 1. The number of rotatable bonds is 10. The molecular weight excluding hydrogens is 516 g/mol. The van der Waals surface area contributed by atoms with Gasteiger partial charge in [0.1, 0.15) is 0 Å². The number of carbonyl (C=O) groups is 1. The number of piperidine rings is 1. The number of benzene rings is 2. The van der Waals surface area contributed by atoms with Crippen molar-refractivity contribution in [1.29, 1.82) is 0 Å². The van der Waals surface area contributed by atoms with Crippen LogP contribution in [0.2, 0.25) is 0 Å². The van der Waals surface area contributed by atoms with Gasteiger partial charge in [0.05, 0.1) is 22.9 Å². The SMILES string of the molecule is COCCCS(=O)(=O)N1CCC(c2c[nH]c3c(C(N)=O)cc(-c4cccc(CN5CC[C@@H](O)C5)c4)cc23)CC1. The van der Waals surface area contributed by atoms with Crippen molar-refractivity contribution in [1.82, 2.24) is 14.2 Å². The Morgan fingerprint density at radius 1 is 1.13 bits per heavy atom. The number of hydrogen-bond donors (Lipinski definition) is 3.